The Balaban J connectivity index is 1.83. The van der Waals surface area contributed by atoms with Crippen molar-refractivity contribution in [3.05, 3.63) is 29.8 Å². The number of nitrogens with two attached hydrogens (primary N) is 1. The van der Waals surface area contributed by atoms with Gasteiger partial charge in [-0.05, 0) is 42.9 Å². The van der Waals surface area contributed by atoms with Crippen LogP contribution >= 0.6 is 0 Å². The fourth-order valence-electron chi connectivity index (χ4n) is 5.24. The number of imide groups is 1. The molecule has 15 nitrogen and oxygen atoms in total. The second-order valence-corrected chi connectivity index (χ2v) is 12.4. The van der Waals surface area contributed by atoms with Crippen LogP contribution in [0.1, 0.15) is 79.1 Å². The highest BCUT2D eigenvalue weighted by atomic mass is 16.5. The van der Waals surface area contributed by atoms with Crippen LogP contribution in [0.15, 0.2) is 24.3 Å². The molecule has 0 spiro atoms. The molecule has 15 heteroatoms. The van der Waals surface area contributed by atoms with Gasteiger partial charge in [0.15, 0.2) is 7.15 Å². The number of amides is 6. The monoisotopic (exact) mass is 688 g/mol. The molecule has 0 bridgehead atoms. The Bertz CT molecular complexity index is 1370. The van der Waals surface area contributed by atoms with Crippen molar-refractivity contribution in [2.75, 3.05) is 31.6 Å². The van der Waals surface area contributed by atoms with E-state index in [0.29, 0.717) is 24.1 Å². The molecule has 270 valence electrons. The molecule has 1 fully saturated rings. The molecule has 0 radical (unpaired) electrons. The number of ketones is 2. The van der Waals surface area contributed by atoms with Crippen LogP contribution in [0.4, 0.5) is 10.5 Å². The van der Waals surface area contributed by atoms with Gasteiger partial charge >= 0.3 is 6.03 Å². The minimum absolute atomic E-state index is 0.0263. The summed E-state index contributed by atoms with van der Waals surface area (Å²) in [6.45, 7) is 5.72. The van der Waals surface area contributed by atoms with Crippen LogP contribution in [0.3, 0.4) is 0 Å². The Hall–Kier alpha value is -4.66. The van der Waals surface area contributed by atoms with Crippen LogP contribution < -0.4 is 21.7 Å². The Morgan fingerprint density at radius 2 is 1.78 bits per heavy atom. The zero-order valence-electron chi connectivity index (χ0n) is 29.4. The molecule has 49 heavy (non-hydrogen) atoms. The number of nitrogens with one attached hydrogen (secondary N) is 3. The van der Waals surface area contributed by atoms with Crippen molar-refractivity contribution >= 4 is 53.4 Å². The molecule has 0 aromatic heterocycles. The third-order valence-electron chi connectivity index (χ3n) is 8.00. The maximum atomic E-state index is 13.4. The number of urea groups is 1. The van der Waals surface area contributed by atoms with E-state index in [0.717, 1.165) is 4.90 Å². The highest BCUT2D eigenvalue weighted by Gasteiger charge is 2.35. The lowest BCUT2D eigenvalue weighted by atomic mass is 9.89. The van der Waals surface area contributed by atoms with Crippen LogP contribution in [0.25, 0.3) is 0 Å². The van der Waals surface area contributed by atoms with Crippen molar-refractivity contribution < 1.29 is 49.2 Å². The van der Waals surface area contributed by atoms with Crippen molar-refractivity contribution in [2.45, 2.75) is 84.8 Å². The first-order valence-corrected chi connectivity index (χ1v) is 16.5. The van der Waals surface area contributed by atoms with Gasteiger partial charge in [0, 0.05) is 69.3 Å². The minimum atomic E-state index is -1.16. The smallest absolute Gasteiger partial charge is 0.312 e. The number of carbonyl (C=O) groups is 8. The number of ether oxygens (including phenoxy) is 2. The zero-order valence-corrected chi connectivity index (χ0v) is 28.4. The van der Waals surface area contributed by atoms with Gasteiger partial charge in [-0.15, -0.1) is 0 Å². The Morgan fingerprint density at radius 3 is 2.39 bits per heavy atom. The number of likely N-dealkylation sites (tertiary alicyclic amines) is 1. The number of anilines is 1. The molecular formula is C34H49N5O10. The van der Waals surface area contributed by atoms with Gasteiger partial charge in [0.2, 0.25) is 23.6 Å². The van der Waals surface area contributed by atoms with E-state index in [-0.39, 0.29) is 107 Å². The molecule has 6 amide bonds. The standard InChI is InChI=1S/C34H49N5O10/c1-22(2)31(38-29(43)13-17-48-16-5-7-27(41)12-15-39-30(44)18-23(3)33(39)46)28(42)19-25(6-4-14-36-34(35)47)32(45)37-26-10-8-24(9-11-26)20-49-21-40/h8-11,21-23,25,31H,4-7,12-20H2,1-3H3,(H,37,45)(H,38,43)(H3,35,36,47)/t23?,25-,31+/m1/s1/i21D. The minimum Gasteiger partial charge on any atom is -0.463 e. The van der Waals surface area contributed by atoms with E-state index in [1.807, 2.05) is 0 Å². The normalized spacial score (nSPS) is 15.7. The van der Waals surface area contributed by atoms with Crippen LogP contribution in [-0.4, -0.2) is 84.9 Å². The van der Waals surface area contributed by atoms with Crippen molar-refractivity contribution in [2.24, 2.45) is 23.5 Å². The first-order chi connectivity index (χ1) is 23.7. The number of nitrogens with zero attached hydrogens (tertiary/aromatic N) is 1. The average molecular weight is 689 g/mol. The second kappa shape index (κ2) is 21.3. The summed E-state index contributed by atoms with van der Waals surface area (Å²) in [4.78, 5) is 98.4. The average Bonchev–Trinajstić information content (AvgIpc) is 3.30. The number of carbonyl (C=O) groups excluding carboxylic acids is 8. The van der Waals surface area contributed by atoms with Crippen LogP contribution in [0, 0.1) is 17.8 Å². The highest BCUT2D eigenvalue weighted by Crippen LogP contribution is 2.20. The molecule has 1 unspecified atom stereocenters. The van der Waals surface area contributed by atoms with Crippen LogP contribution in [-0.2, 0) is 49.6 Å². The van der Waals surface area contributed by atoms with Gasteiger partial charge in [-0.3, -0.25) is 38.5 Å². The Morgan fingerprint density at radius 1 is 1.06 bits per heavy atom. The van der Waals surface area contributed by atoms with Gasteiger partial charge < -0.3 is 31.2 Å². The number of rotatable bonds is 23. The summed E-state index contributed by atoms with van der Waals surface area (Å²) < 4.78 is 17.0. The molecule has 1 heterocycles. The fraction of sp³-hybridized carbons (Fsp3) is 0.588. The van der Waals surface area contributed by atoms with Crippen LogP contribution in [0.2, 0.25) is 0 Å². The molecule has 2 rings (SSSR count). The van der Waals surface area contributed by atoms with Gasteiger partial charge in [0.25, 0.3) is 6.45 Å². The molecule has 0 saturated carbocycles. The lowest BCUT2D eigenvalue weighted by molar-refractivity contribution is -0.139. The van der Waals surface area contributed by atoms with Gasteiger partial charge in [0.1, 0.15) is 12.4 Å². The number of primary amides is 1. The van der Waals surface area contributed by atoms with Gasteiger partial charge in [-0.2, -0.15) is 0 Å². The van der Waals surface area contributed by atoms with E-state index in [2.05, 4.69) is 20.7 Å². The van der Waals surface area contributed by atoms with E-state index in [4.69, 9.17) is 11.8 Å². The van der Waals surface area contributed by atoms with Crippen LogP contribution in [0.5, 0.6) is 0 Å². The third-order valence-corrected chi connectivity index (χ3v) is 8.00. The number of Topliss-reactive ketones (excluding diaryl/α,β-unsaturated/α-hetero) is 2. The molecule has 1 aromatic rings. The first kappa shape index (κ1) is 38.8. The highest BCUT2D eigenvalue weighted by molar-refractivity contribution is 6.03. The lowest BCUT2D eigenvalue weighted by Crippen LogP contribution is -2.45. The van der Waals surface area contributed by atoms with Crippen molar-refractivity contribution in [3.63, 3.8) is 0 Å². The van der Waals surface area contributed by atoms with Gasteiger partial charge in [0.05, 0.1) is 12.6 Å². The van der Waals surface area contributed by atoms with Gasteiger partial charge in [-0.25, -0.2) is 4.79 Å². The van der Waals surface area contributed by atoms with E-state index in [1.54, 1.807) is 45.0 Å². The Kier molecular flexibility index (Phi) is 16.9. The molecular weight excluding hydrogens is 638 g/mol. The number of benzene rings is 1. The molecule has 1 aliphatic heterocycles. The third kappa shape index (κ3) is 15.0. The summed E-state index contributed by atoms with van der Waals surface area (Å²) in [7, 11) is 0. The molecule has 1 aromatic carbocycles. The lowest BCUT2D eigenvalue weighted by Gasteiger charge is -2.24. The summed E-state index contributed by atoms with van der Waals surface area (Å²) in [5.41, 5.74) is 6.18. The number of hydrogen-bond acceptors (Lipinski definition) is 10. The molecule has 5 N–H and O–H groups in total. The summed E-state index contributed by atoms with van der Waals surface area (Å²) >= 11 is 0. The van der Waals surface area contributed by atoms with Gasteiger partial charge in [-0.1, -0.05) is 32.9 Å². The van der Waals surface area contributed by atoms with Crippen molar-refractivity contribution in [1.82, 2.24) is 15.5 Å². The van der Waals surface area contributed by atoms with E-state index < -0.39 is 36.3 Å². The summed E-state index contributed by atoms with van der Waals surface area (Å²) in [6, 6.07) is 4.85. The molecule has 3 atom stereocenters. The quantitative estimate of drug-likeness (QED) is 0.0744. The molecule has 0 aliphatic carbocycles. The number of hydrogen-bond donors (Lipinski definition) is 4. The first-order valence-electron chi connectivity index (χ1n) is 17.0. The SMILES string of the molecule is [2H]C(=O)OCc1ccc(NC(=O)[C@H](CCCNC(N)=O)CC(=O)[C@@H](NC(=O)CCOCCCC(=O)CCN2C(=O)CC(C)C2=O)C(C)C)cc1. The topological polar surface area (TPSA) is 220 Å². The summed E-state index contributed by atoms with van der Waals surface area (Å²) in [5.74, 6) is -3.20. The molecule has 1 saturated heterocycles. The maximum absolute atomic E-state index is 13.4. The summed E-state index contributed by atoms with van der Waals surface area (Å²) in [5, 5.41) is 7.97. The van der Waals surface area contributed by atoms with Crippen molar-refractivity contribution in [3.8, 4) is 0 Å². The van der Waals surface area contributed by atoms with E-state index >= 15 is 0 Å². The predicted octanol–water partition coefficient (Wildman–Crippen LogP) is 2.00. The predicted molar refractivity (Wildman–Crippen MR) is 177 cm³/mol. The van der Waals surface area contributed by atoms with Crippen molar-refractivity contribution in [1.29, 1.82) is 0 Å². The van der Waals surface area contributed by atoms with E-state index in [1.165, 1.54) is 0 Å². The second-order valence-electron chi connectivity index (χ2n) is 12.4. The fourth-order valence-corrected chi connectivity index (χ4v) is 5.24. The largest absolute Gasteiger partial charge is 0.463 e. The maximum Gasteiger partial charge on any atom is 0.312 e. The Labute approximate surface area is 287 Å². The zero-order chi connectivity index (χ0) is 37.2. The van der Waals surface area contributed by atoms with E-state index in [9.17, 15) is 38.4 Å². The summed E-state index contributed by atoms with van der Waals surface area (Å²) in [6.07, 6.45) is 0.137. The molecule has 1 aliphatic rings.